The van der Waals surface area contributed by atoms with Crippen molar-refractivity contribution in [2.24, 2.45) is 10.9 Å². The van der Waals surface area contributed by atoms with Gasteiger partial charge in [-0.1, -0.05) is 25.1 Å². The summed E-state index contributed by atoms with van der Waals surface area (Å²) in [6.45, 7) is 4.55. The van der Waals surface area contributed by atoms with Gasteiger partial charge in [-0.05, 0) is 38.3 Å². The maximum Gasteiger partial charge on any atom is 0.216 e. The zero-order valence-electron chi connectivity index (χ0n) is 10.5. The third kappa shape index (κ3) is 1.76. The van der Waals surface area contributed by atoms with Crippen molar-refractivity contribution < 1.29 is 4.74 Å². The maximum absolute atomic E-state index is 6.07. The minimum Gasteiger partial charge on any atom is -0.474 e. The van der Waals surface area contributed by atoms with Crippen LogP contribution in [-0.4, -0.2) is 17.5 Å². The maximum atomic E-state index is 6.07. The Balaban J connectivity index is 2.00. The average molecular weight is 229 g/mol. The van der Waals surface area contributed by atoms with E-state index in [2.05, 4.69) is 26.0 Å². The topological polar surface area (TPSA) is 21.6 Å². The normalized spacial score (nSPS) is 36.0. The predicted octanol–water partition coefficient (Wildman–Crippen LogP) is 3.41. The van der Waals surface area contributed by atoms with Gasteiger partial charge >= 0.3 is 0 Å². The summed E-state index contributed by atoms with van der Waals surface area (Å²) in [7, 11) is 0. The lowest BCUT2D eigenvalue weighted by Gasteiger charge is -2.45. The first kappa shape index (κ1) is 10.8. The molecule has 0 amide bonds. The Labute approximate surface area is 103 Å². The van der Waals surface area contributed by atoms with Crippen molar-refractivity contribution in [3.8, 4) is 0 Å². The number of ether oxygens (including phenoxy) is 1. The van der Waals surface area contributed by atoms with Gasteiger partial charge in [0.05, 0.1) is 5.54 Å². The van der Waals surface area contributed by atoms with E-state index in [0.717, 1.165) is 11.5 Å². The Morgan fingerprint density at radius 1 is 1.29 bits per heavy atom. The molecule has 1 aromatic rings. The van der Waals surface area contributed by atoms with Gasteiger partial charge in [-0.15, -0.1) is 0 Å². The van der Waals surface area contributed by atoms with Crippen molar-refractivity contribution >= 4 is 5.90 Å². The van der Waals surface area contributed by atoms with Crippen molar-refractivity contribution in [1.29, 1.82) is 0 Å². The molecule has 3 rings (SSSR count). The molecular weight excluding hydrogens is 210 g/mol. The fraction of sp³-hybridized carbons (Fsp3) is 0.533. The number of hydrogen-bond acceptors (Lipinski definition) is 2. The fourth-order valence-electron chi connectivity index (χ4n) is 2.97. The van der Waals surface area contributed by atoms with E-state index in [1.165, 1.54) is 19.3 Å². The van der Waals surface area contributed by atoms with Crippen molar-refractivity contribution in [3.05, 3.63) is 35.9 Å². The molecular formula is C15H19NO. The minimum absolute atomic E-state index is 0.0757. The molecule has 0 N–H and O–H groups in total. The summed E-state index contributed by atoms with van der Waals surface area (Å²) in [5.74, 6) is 1.37. The van der Waals surface area contributed by atoms with E-state index < -0.39 is 0 Å². The Morgan fingerprint density at radius 3 is 2.76 bits per heavy atom. The molecule has 3 atom stereocenters. The van der Waals surface area contributed by atoms with Gasteiger partial charge in [0.25, 0.3) is 0 Å². The van der Waals surface area contributed by atoms with Crippen LogP contribution in [0.25, 0.3) is 0 Å². The largest absolute Gasteiger partial charge is 0.474 e. The predicted molar refractivity (Wildman–Crippen MR) is 69.3 cm³/mol. The zero-order valence-corrected chi connectivity index (χ0v) is 10.5. The Hall–Kier alpha value is -1.31. The summed E-state index contributed by atoms with van der Waals surface area (Å²) >= 11 is 0. The van der Waals surface area contributed by atoms with Gasteiger partial charge < -0.3 is 4.74 Å². The first-order valence-electron chi connectivity index (χ1n) is 6.51. The molecule has 17 heavy (non-hydrogen) atoms. The lowest BCUT2D eigenvalue weighted by atomic mass is 9.72. The third-order valence-electron chi connectivity index (χ3n) is 4.35. The van der Waals surface area contributed by atoms with E-state index in [1.807, 2.05) is 18.2 Å². The molecule has 2 bridgehead atoms. The van der Waals surface area contributed by atoms with Crippen LogP contribution in [0.3, 0.4) is 0 Å². The van der Waals surface area contributed by atoms with E-state index in [4.69, 9.17) is 9.73 Å². The van der Waals surface area contributed by atoms with Crippen LogP contribution in [0.15, 0.2) is 35.3 Å². The SMILES string of the molecule is C[C@H]1[C@@H]2CCC[C@@]1(C)N=C(c1ccccc1)O2. The highest BCUT2D eigenvalue weighted by atomic mass is 16.5. The van der Waals surface area contributed by atoms with Gasteiger partial charge in [0.15, 0.2) is 0 Å². The van der Waals surface area contributed by atoms with E-state index >= 15 is 0 Å². The molecule has 2 aliphatic rings. The number of nitrogens with zero attached hydrogens (tertiary/aromatic N) is 1. The van der Waals surface area contributed by atoms with Gasteiger partial charge in [0.2, 0.25) is 5.90 Å². The fourth-order valence-corrected chi connectivity index (χ4v) is 2.97. The third-order valence-corrected chi connectivity index (χ3v) is 4.35. The van der Waals surface area contributed by atoms with E-state index in [1.54, 1.807) is 0 Å². The molecule has 0 saturated heterocycles. The number of hydrogen-bond donors (Lipinski definition) is 0. The second-order valence-electron chi connectivity index (χ2n) is 5.48. The quantitative estimate of drug-likeness (QED) is 0.723. The first-order chi connectivity index (χ1) is 8.19. The molecule has 0 radical (unpaired) electrons. The van der Waals surface area contributed by atoms with Crippen LogP contribution in [0.2, 0.25) is 0 Å². The summed E-state index contributed by atoms with van der Waals surface area (Å²) in [4.78, 5) is 4.88. The van der Waals surface area contributed by atoms with Crippen LogP contribution in [0.5, 0.6) is 0 Å². The summed E-state index contributed by atoms with van der Waals surface area (Å²) in [6.07, 6.45) is 3.94. The molecule has 2 heteroatoms. The Bertz CT molecular complexity index is 439. The minimum atomic E-state index is 0.0757. The van der Waals surface area contributed by atoms with Gasteiger partial charge in [-0.3, -0.25) is 0 Å². The summed E-state index contributed by atoms with van der Waals surface area (Å²) in [5, 5.41) is 0. The molecule has 90 valence electrons. The van der Waals surface area contributed by atoms with Crippen LogP contribution in [0.4, 0.5) is 0 Å². The van der Waals surface area contributed by atoms with Gasteiger partial charge in [-0.25, -0.2) is 4.99 Å². The molecule has 0 spiro atoms. The van der Waals surface area contributed by atoms with Gasteiger partial charge in [0.1, 0.15) is 6.10 Å². The average Bonchev–Trinajstić information content (AvgIpc) is 2.33. The zero-order chi connectivity index (χ0) is 11.9. The summed E-state index contributed by atoms with van der Waals surface area (Å²) < 4.78 is 6.07. The standard InChI is InChI=1S/C15H19NO/c1-11-13-9-6-10-15(11,2)16-14(17-13)12-7-4-3-5-8-12/h3-5,7-8,11,13H,6,9-10H2,1-2H3/t11-,13-,15+/m0/s1. The molecule has 1 aromatic carbocycles. The number of aliphatic imine (C=N–C) groups is 1. The van der Waals surface area contributed by atoms with E-state index in [-0.39, 0.29) is 5.54 Å². The van der Waals surface area contributed by atoms with E-state index in [9.17, 15) is 0 Å². The Kier molecular flexibility index (Phi) is 2.46. The molecule has 0 unspecified atom stereocenters. The number of rotatable bonds is 1. The molecule has 1 fully saturated rings. The molecule has 1 saturated carbocycles. The van der Waals surface area contributed by atoms with Crippen molar-refractivity contribution in [3.63, 3.8) is 0 Å². The van der Waals surface area contributed by atoms with Crippen LogP contribution in [-0.2, 0) is 4.74 Å². The number of fused-ring (bicyclic) bond motifs is 2. The van der Waals surface area contributed by atoms with Crippen molar-refractivity contribution in [2.75, 3.05) is 0 Å². The molecule has 1 heterocycles. The first-order valence-corrected chi connectivity index (χ1v) is 6.51. The summed E-state index contributed by atoms with van der Waals surface area (Å²) in [6, 6.07) is 10.3. The van der Waals surface area contributed by atoms with Crippen LogP contribution >= 0.6 is 0 Å². The second kappa shape index (κ2) is 3.86. The molecule has 1 aliphatic heterocycles. The highest BCUT2D eigenvalue weighted by Crippen LogP contribution is 2.41. The van der Waals surface area contributed by atoms with Crippen molar-refractivity contribution in [2.45, 2.75) is 44.8 Å². The molecule has 0 aromatic heterocycles. The monoisotopic (exact) mass is 229 g/mol. The molecule has 2 nitrogen and oxygen atoms in total. The lowest BCUT2D eigenvalue weighted by molar-refractivity contribution is 0.0224. The number of benzene rings is 1. The van der Waals surface area contributed by atoms with Crippen LogP contribution in [0.1, 0.15) is 38.7 Å². The van der Waals surface area contributed by atoms with Crippen LogP contribution in [0, 0.1) is 5.92 Å². The molecule has 1 aliphatic carbocycles. The van der Waals surface area contributed by atoms with Crippen LogP contribution < -0.4 is 0 Å². The van der Waals surface area contributed by atoms with Crippen molar-refractivity contribution in [1.82, 2.24) is 0 Å². The highest BCUT2D eigenvalue weighted by Gasteiger charge is 2.44. The summed E-state index contributed by atoms with van der Waals surface area (Å²) in [5.41, 5.74) is 1.18. The highest BCUT2D eigenvalue weighted by molar-refractivity contribution is 5.95. The van der Waals surface area contributed by atoms with E-state index in [0.29, 0.717) is 12.0 Å². The second-order valence-corrected chi connectivity index (χ2v) is 5.48. The lowest BCUT2D eigenvalue weighted by Crippen LogP contribution is -2.49. The van der Waals surface area contributed by atoms with Gasteiger partial charge in [-0.2, -0.15) is 0 Å². The van der Waals surface area contributed by atoms with Gasteiger partial charge in [0, 0.05) is 11.5 Å². The smallest absolute Gasteiger partial charge is 0.216 e. The Morgan fingerprint density at radius 2 is 2.06 bits per heavy atom.